The van der Waals surface area contributed by atoms with Gasteiger partial charge in [0.1, 0.15) is 5.82 Å². The second-order valence-electron chi connectivity index (χ2n) is 4.59. The van der Waals surface area contributed by atoms with Gasteiger partial charge < -0.3 is 4.98 Å². The number of H-pyrrole nitrogens is 1. The summed E-state index contributed by atoms with van der Waals surface area (Å²) in [6, 6.07) is 6.72. The first kappa shape index (κ1) is 8.76. The van der Waals surface area contributed by atoms with E-state index in [2.05, 4.69) is 21.8 Å². The minimum atomic E-state index is 0.519. The molecule has 1 fully saturated rings. The van der Waals surface area contributed by atoms with Crippen LogP contribution in [-0.2, 0) is 6.54 Å². The number of fused-ring (bicyclic) bond motifs is 1. The fourth-order valence-corrected chi connectivity index (χ4v) is 2.44. The summed E-state index contributed by atoms with van der Waals surface area (Å²) in [4.78, 5) is 10.3. The molecule has 0 bridgehead atoms. The monoisotopic (exact) mass is 216 g/mol. The Hall–Kier alpha value is -1.35. The lowest BCUT2D eigenvalue weighted by molar-refractivity contribution is 0.255. The smallest absolute Gasteiger partial charge is 0.121 e. The molecule has 16 heavy (non-hydrogen) atoms. The van der Waals surface area contributed by atoms with Crippen LogP contribution in [0.5, 0.6) is 0 Å². The molecule has 1 N–H and O–H groups in total. The molecule has 3 heteroatoms. The highest BCUT2D eigenvalue weighted by Gasteiger charge is 2.20. The number of hydrogen-bond acceptors (Lipinski definition) is 2. The van der Waals surface area contributed by atoms with Crippen LogP contribution in [0.15, 0.2) is 24.2 Å². The van der Waals surface area contributed by atoms with Crippen molar-refractivity contribution in [2.75, 3.05) is 6.54 Å². The number of rotatable bonds is 2. The Morgan fingerprint density at radius 3 is 3.38 bits per heavy atom. The summed E-state index contributed by atoms with van der Waals surface area (Å²) >= 11 is 0. The summed E-state index contributed by atoms with van der Waals surface area (Å²) in [6.07, 6.45) is 2.58. The Balaban J connectivity index is 1.85. The molecule has 1 aliphatic heterocycles. The van der Waals surface area contributed by atoms with Crippen molar-refractivity contribution >= 4 is 11.0 Å². The molecule has 0 radical (unpaired) electrons. The molecule has 2 aromatic rings. The zero-order chi connectivity index (χ0) is 11.8. The fraction of sp³-hybridized carbons (Fsp3) is 0.462. The van der Waals surface area contributed by atoms with Gasteiger partial charge in [-0.25, -0.2) is 4.98 Å². The van der Waals surface area contributed by atoms with Crippen molar-refractivity contribution < 1.29 is 1.37 Å². The number of aromatic amines is 1. The number of nitrogens with zero attached hydrogens (tertiary/aromatic N) is 2. The molecule has 3 nitrogen and oxygen atoms in total. The van der Waals surface area contributed by atoms with Gasteiger partial charge in [-0.15, -0.1) is 0 Å². The molecule has 0 spiro atoms. The lowest BCUT2D eigenvalue weighted by Gasteiger charge is -2.19. The molecule has 1 saturated heterocycles. The highest BCUT2D eigenvalue weighted by molar-refractivity contribution is 5.74. The maximum absolute atomic E-state index is 7.58. The van der Waals surface area contributed by atoms with E-state index in [0.717, 1.165) is 23.4 Å². The molecule has 1 atom stereocenters. The molecule has 1 aliphatic rings. The van der Waals surface area contributed by atoms with Crippen LogP contribution in [0.4, 0.5) is 0 Å². The zero-order valence-electron chi connectivity index (χ0n) is 10.5. The summed E-state index contributed by atoms with van der Waals surface area (Å²) in [7, 11) is 0. The number of nitrogens with one attached hydrogen (secondary N) is 1. The molecular formula is C13H17N3. The van der Waals surface area contributed by atoms with Gasteiger partial charge in [0.05, 0.1) is 18.9 Å². The molecule has 1 aromatic carbocycles. The first-order chi connectivity index (χ1) is 8.22. The van der Waals surface area contributed by atoms with Crippen molar-refractivity contribution in [3.05, 3.63) is 30.1 Å². The Morgan fingerprint density at radius 1 is 1.62 bits per heavy atom. The van der Waals surface area contributed by atoms with E-state index in [4.69, 9.17) is 1.37 Å². The highest BCUT2D eigenvalue weighted by Crippen LogP contribution is 2.19. The fourth-order valence-electron chi connectivity index (χ4n) is 2.44. The van der Waals surface area contributed by atoms with Gasteiger partial charge in [0.15, 0.2) is 0 Å². The lowest BCUT2D eigenvalue weighted by Crippen LogP contribution is -2.26. The van der Waals surface area contributed by atoms with Gasteiger partial charge in [-0.2, -0.15) is 0 Å². The molecule has 84 valence electrons. The van der Waals surface area contributed by atoms with Crippen molar-refractivity contribution in [2.45, 2.75) is 32.4 Å². The molecule has 1 aromatic heterocycles. The van der Waals surface area contributed by atoms with E-state index in [0.29, 0.717) is 12.1 Å². The van der Waals surface area contributed by atoms with Crippen LogP contribution >= 0.6 is 0 Å². The second-order valence-corrected chi connectivity index (χ2v) is 4.59. The van der Waals surface area contributed by atoms with Gasteiger partial charge in [-0.3, -0.25) is 4.90 Å². The molecule has 0 unspecified atom stereocenters. The summed E-state index contributed by atoms with van der Waals surface area (Å²) in [5.74, 6) is 1.01. The topological polar surface area (TPSA) is 31.9 Å². The third-order valence-electron chi connectivity index (χ3n) is 3.42. The summed E-state index contributed by atoms with van der Waals surface area (Å²) in [5.41, 5.74) is 1.93. The van der Waals surface area contributed by atoms with Crippen LogP contribution in [0, 0.1) is 0 Å². The number of imidazole rings is 1. The third kappa shape index (κ3) is 1.71. The number of benzene rings is 1. The zero-order valence-corrected chi connectivity index (χ0v) is 9.53. The van der Waals surface area contributed by atoms with E-state index in [9.17, 15) is 0 Å². The second kappa shape index (κ2) is 3.91. The van der Waals surface area contributed by atoms with E-state index in [-0.39, 0.29) is 0 Å². The van der Waals surface area contributed by atoms with E-state index < -0.39 is 0 Å². The minimum absolute atomic E-state index is 0.519. The Morgan fingerprint density at radius 2 is 2.56 bits per heavy atom. The predicted molar refractivity (Wildman–Crippen MR) is 65.2 cm³/mol. The van der Waals surface area contributed by atoms with Crippen molar-refractivity contribution in [1.29, 1.82) is 0 Å². The minimum Gasteiger partial charge on any atom is -0.341 e. The van der Waals surface area contributed by atoms with Crippen molar-refractivity contribution in [1.82, 2.24) is 14.9 Å². The standard InChI is InChI=1S/C13H17N3/c1-10-5-4-8-16(10)9-13-14-11-6-2-3-7-12(11)15-13/h2-3,6-7,10H,4-5,8-9H2,1H3,(H,14,15)/t10-/m0/s1/i2D. The summed E-state index contributed by atoms with van der Waals surface area (Å²) < 4.78 is 7.58. The maximum Gasteiger partial charge on any atom is 0.121 e. The Labute approximate surface area is 96.9 Å². The Kier molecular flexibility index (Phi) is 2.14. The number of para-hydroxylation sites is 2. The number of hydrogen-bond donors (Lipinski definition) is 1. The van der Waals surface area contributed by atoms with Crippen molar-refractivity contribution in [2.24, 2.45) is 0 Å². The van der Waals surface area contributed by atoms with Crippen molar-refractivity contribution in [3.63, 3.8) is 0 Å². The molecule has 0 aliphatic carbocycles. The summed E-state index contributed by atoms with van der Waals surface area (Å²) in [6.45, 7) is 4.34. The SMILES string of the molecule is [2H]c1ccc2[nH]c(CN3CCC[C@@H]3C)nc2c1. The molecule has 0 saturated carbocycles. The normalized spacial score (nSPS) is 22.8. The van der Waals surface area contributed by atoms with Crippen LogP contribution in [0.2, 0.25) is 0 Å². The van der Waals surface area contributed by atoms with E-state index in [1.165, 1.54) is 19.4 Å². The van der Waals surface area contributed by atoms with E-state index in [1.807, 2.05) is 12.1 Å². The average Bonchev–Trinajstić information content (AvgIpc) is 2.85. The number of likely N-dealkylation sites (tertiary alicyclic amines) is 1. The Bertz CT molecular complexity index is 534. The van der Waals surface area contributed by atoms with E-state index >= 15 is 0 Å². The quantitative estimate of drug-likeness (QED) is 0.836. The highest BCUT2D eigenvalue weighted by atomic mass is 15.2. The van der Waals surface area contributed by atoms with Gasteiger partial charge >= 0.3 is 0 Å². The molecule has 3 rings (SSSR count). The van der Waals surface area contributed by atoms with Gasteiger partial charge in [-0.1, -0.05) is 12.1 Å². The van der Waals surface area contributed by atoms with Gasteiger partial charge in [0, 0.05) is 6.04 Å². The van der Waals surface area contributed by atoms with Crippen molar-refractivity contribution in [3.8, 4) is 0 Å². The average molecular weight is 216 g/mol. The van der Waals surface area contributed by atoms with Gasteiger partial charge in [0.2, 0.25) is 0 Å². The summed E-state index contributed by atoms with van der Waals surface area (Å²) in [5, 5.41) is 0. The first-order valence-corrected chi connectivity index (χ1v) is 5.92. The van der Waals surface area contributed by atoms with Crippen LogP contribution in [0.3, 0.4) is 0 Å². The third-order valence-corrected chi connectivity index (χ3v) is 3.42. The van der Waals surface area contributed by atoms with Crippen LogP contribution < -0.4 is 0 Å². The first-order valence-electron chi connectivity index (χ1n) is 6.42. The van der Waals surface area contributed by atoms with Gasteiger partial charge in [-0.05, 0) is 38.4 Å². The predicted octanol–water partition coefficient (Wildman–Crippen LogP) is 2.55. The van der Waals surface area contributed by atoms with E-state index in [1.54, 1.807) is 6.07 Å². The van der Waals surface area contributed by atoms with Crippen LogP contribution in [0.25, 0.3) is 11.0 Å². The van der Waals surface area contributed by atoms with Crippen LogP contribution in [0.1, 0.15) is 27.0 Å². The molecule has 0 amide bonds. The molecular weight excluding hydrogens is 198 g/mol. The maximum atomic E-state index is 7.58. The largest absolute Gasteiger partial charge is 0.341 e. The number of aromatic nitrogens is 2. The van der Waals surface area contributed by atoms with Gasteiger partial charge in [0.25, 0.3) is 0 Å². The van der Waals surface area contributed by atoms with Crippen LogP contribution in [-0.4, -0.2) is 27.5 Å². The lowest BCUT2D eigenvalue weighted by atomic mass is 10.2. The molecule has 2 heterocycles.